The minimum absolute atomic E-state index is 0.0317. The highest BCUT2D eigenvalue weighted by Crippen LogP contribution is 2.39. The molecule has 0 aliphatic heterocycles. The number of nitrogens with one attached hydrogen (secondary N) is 4. The maximum absolute atomic E-state index is 12.7. The SMILES string of the molecule is CCOc1cc(C(=O)NNC(=O)c2cccc(NC(=O)NC(C)C)c2)cc(OCC)c1OCC. The van der Waals surface area contributed by atoms with Gasteiger partial charge in [-0.1, -0.05) is 6.07 Å². The van der Waals surface area contributed by atoms with Gasteiger partial charge in [-0.15, -0.1) is 0 Å². The lowest BCUT2D eigenvalue weighted by Gasteiger charge is -2.17. The number of ether oxygens (including phenoxy) is 3. The first-order valence-electron chi connectivity index (χ1n) is 11.1. The molecule has 0 atom stereocenters. The first kappa shape index (κ1) is 26.3. The fourth-order valence-corrected chi connectivity index (χ4v) is 2.95. The largest absolute Gasteiger partial charge is 0.490 e. The Kier molecular flexibility index (Phi) is 10.0. The van der Waals surface area contributed by atoms with Crippen molar-refractivity contribution in [1.29, 1.82) is 0 Å². The molecule has 10 heteroatoms. The number of urea groups is 1. The van der Waals surface area contributed by atoms with E-state index in [1.807, 2.05) is 34.6 Å². The van der Waals surface area contributed by atoms with Gasteiger partial charge in [-0.05, 0) is 65.0 Å². The second-order valence-corrected chi connectivity index (χ2v) is 7.34. The Hall–Kier alpha value is -3.95. The summed E-state index contributed by atoms with van der Waals surface area (Å²) in [6.45, 7) is 10.3. The lowest BCUT2D eigenvalue weighted by atomic mass is 10.1. The second-order valence-electron chi connectivity index (χ2n) is 7.34. The highest BCUT2D eigenvalue weighted by atomic mass is 16.5. The fourth-order valence-electron chi connectivity index (χ4n) is 2.95. The minimum Gasteiger partial charge on any atom is -0.490 e. The summed E-state index contributed by atoms with van der Waals surface area (Å²) in [6.07, 6.45) is 0. The van der Waals surface area contributed by atoms with E-state index >= 15 is 0 Å². The minimum atomic E-state index is -0.566. The van der Waals surface area contributed by atoms with Crippen molar-refractivity contribution in [3.05, 3.63) is 47.5 Å². The number of carbonyl (C=O) groups excluding carboxylic acids is 3. The summed E-state index contributed by atoms with van der Waals surface area (Å²) in [4.78, 5) is 37.2. The zero-order chi connectivity index (χ0) is 25.1. The number of rotatable bonds is 10. The Morgan fingerprint density at radius 1 is 0.794 bits per heavy atom. The fraction of sp³-hybridized carbons (Fsp3) is 0.375. The van der Waals surface area contributed by atoms with Crippen LogP contribution in [-0.2, 0) is 0 Å². The smallest absolute Gasteiger partial charge is 0.319 e. The van der Waals surface area contributed by atoms with Gasteiger partial charge >= 0.3 is 6.03 Å². The zero-order valence-corrected chi connectivity index (χ0v) is 20.1. The van der Waals surface area contributed by atoms with Crippen LogP contribution in [0.15, 0.2) is 36.4 Å². The molecule has 0 aromatic heterocycles. The van der Waals surface area contributed by atoms with E-state index in [0.29, 0.717) is 42.8 Å². The van der Waals surface area contributed by atoms with Gasteiger partial charge in [0.25, 0.3) is 11.8 Å². The molecule has 2 aromatic carbocycles. The van der Waals surface area contributed by atoms with Gasteiger partial charge in [0, 0.05) is 22.9 Å². The zero-order valence-electron chi connectivity index (χ0n) is 20.1. The average Bonchev–Trinajstić information content (AvgIpc) is 2.79. The molecule has 0 saturated heterocycles. The highest BCUT2D eigenvalue weighted by Gasteiger charge is 2.19. The van der Waals surface area contributed by atoms with Gasteiger partial charge in [0.1, 0.15) is 0 Å². The quantitative estimate of drug-likeness (QED) is 0.392. The molecule has 0 spiro atoms. The van der Waals surface area contributed by atoms with Crippen molar-refractivity contribution in [2.45, 2.75) is 40.7 Å². The van der Waals surface area contributed by atoms with E-state index in [0.717, 1.165) is 0 Å². The molecule has 4 N–H and O–H groups in total. The normalized spacial score (nSPS) is 10.3. The standard InChI is InChI=1S/C24H32N4O6/c1-6-32-19-13-17(14-20(33-7-2)21(19)34-8-3)23(30)28-27-22(29)16-10-9-11-18(12-16)26-24(31)25-15(4)5/h9-15H,6-8H2,1-5H3,(H,27,29)(H,28,30)(H2,25,26,31). The maximum Gasteiger partial charge on any atom is 0.319 e. The summed E-state index contributed by atoms with van der Waals surface area (Å²) in [5.74, 6) is 0.0271. The molecule has 0 saturated carbocycles. The summed E-state index contributed by atoms with van der Waals surface area (Å²) >= 11 is 0. The molecule has 2 aromatic rings. The van der Waals surface area contributed by atoms with Crippen LogP contribution in [0.5, 0.6) is 17.2 Å². The molecule has 0 bridgehead atoms. The summed E-state index contributed by atoms with van der Waals surface area (Å²) in [7, 11) is 0. The number of hydrogen-bond donors (Lipinski definition) is 4. The van der Waals surface area contributed by atoms with Gasteiger partial charge in [-0.2, -0.15) is 0 Å². The Morgan fingerprint density at radius 3 is 1.88 bits per heavy atom. The molecule has 34 heavy (non-hydrogen) atoms. The lowest BCUT2D eigenvalue weighted by Crippen LogP contribution is -2.41. The Morgan fingerprint density at radius 2 is 1.35 bits per heavy atom. The first-order chi connectivity index (χ1) is 16.3. The molecule has 0 unspecified atom stereocenters. The Labute approximate surface area is 199 Å². The van der Waals surface area contributed by atoms with Crippen molar-refractivity contribution < 1.29 is 28.6 Å². The third kappa shape index (κ3) is 7.58. The first-order valence-corrected chi connectivity index (χ1v) is 11.1. The van der Waals surface area contributed by atoms with Gasteiger partial charge in [-0.3, -0.25) is 20.4 Å². The number of carbonyl (C=O) groups is 3. The summed E-state index contributed by atoms with van der Waals surface area (Å²) in [5.41, 5.74) is 5.66. The van der Waals surface area contributed by atoms with E-state index in [2.05, 4.69) is 21.5 Å². The van der Waals surface area contributed by atoms with Crippen LogP contribution in [0.1, 0.15) is 55.3 Å². The molecule has 0 aliphatic carbocycles. The number of hydrogen-bond acceptors (Lipinski definition) is 6. The van der Waals surface area contributed by atoms with Crippen LogP contribution in [-0.4, -0.2) is 43.7 Å². The molecular formula is C24H32N4O6. The van der Waals surface area contributed by atoms with Crippen LogP contribution in [0.2, 0.25) is 0 Å². The van der Waals surface area contributed by atoms with Crippen molar-refractivity contribution in [2.24, 2.45) is 0 Å². The molecule has 184 valence electrons. The highest BCUT2D eigenvalue weighted by molar-refractivity contribution is 6.00. The van der Waals surface area contributed by atoms with Gasteiger partial charge in [-0.25, -0.2) is 4.79 Å². The third-order valence-corrected chi connectivity index (χ3v) is 4.26. The van der Waals surface area contributed by atoms with Gasteiger partial charge in [0.05, 0.1) is 19.8 Å². The van der Waals surface area contributed by atoms with E-state index < -0.39 is 11.8 Å². The predicted octanol–water partition coefficient (Wildman–Crippen LogP) is 3.49. The van der Waals surface area contributed by atoms with Crippen LogP contribution in [0, 0.1) is 0 Å². The maximum atomic E-state index is 12.7. The molecular weight excluding hydrogens is 440 g/mol. The summed E-state index contributed by atoms with van der Waals surface area (Å²) < 4.78 is 16.9. The monoisotopic (exact) mass is 472 g/mol. The molecule has 0 aliphatic rings. The average molecular weight is 473 g/mol. The van der Waals surface area contributed by atoms with Crippen molar-refractivity contribution >= 4 is 23.5 Å². The number of hydrazine groups is 1. The molecule has 0 radical (unpaired) electrons. The van der Waals surface area contributed by atoms with E-state index in [-0.39, 0.29) is 23.2 Å². The number of anilines is 1. The van der Waals surface area contributed by atoms with Gasteiger partial charge in [0.15, 0.2) is 11.5 Å². The van der Waals surface area contributed by atoms with Crippen molar-refractivity contribution in [3.8, 4) is 17.2 Å². The van der Waals surface area contributed by atoms with E-state index in [1.165, 1.54) is 18.2 Å². The van der Waals surface area contributed by atoms with Crippen LogP contribution in [0.3, 0.4) is 0 Å². The molecule has 10 nitrogen and oxygen atoms in total. The van der Waals surface area contributed by atoms with Crippen LogP contribution in [0.25, 0.3) is 0 Å². The second kappa shape index (κ2) is 12.9. The summed E-state index contributed by atoms with van der Waals surface area (Å²) in [5, 5.41) is 5.35. The molecule has 4 amide bonds. The van der Waals surface area contributed by atoms with Crippen LogP contribution < -0.4 is 35.7 Å². The lowest BCUT2D eigenvalue weighted by molar-refractivity contribution is 0.0846. The van der Waals surface area contributed by atoms with E-state index in [1.54, 1.807) is 18.2 Å². The Balaban J connectivity index is 2.12. The summed E-state index contributed by atoms with van der Waals surface area (Å²) in [6, 6.07) is 8.97. The molecule has 0 fully saturated rings. The van der Waals surface area contributed by atoms with E-state index in [4.69, 9.17) is 14.2 Å². The van der Waals surface area contributed by atoms with Crippen molar-refractivity contribution in [1.82, 2.24) is 16.2 Å². The third-order valence-electron chi connectivity index (χ3n) is 4.26. The van der Waals surface area contributed by atoms with Crippen molar-refractivity contribution in [2.75, 3.05) is 25.1 Å². The van der Waals surface area contributed by atoms with E-state index in [9.17, 15) is 14.4 Å². The Bertz CT molecular complexity index is 982. The van der Waals surface area contributed by atoms with Gasteiger partial charge in [0.2, 0.25) is 5.75 Å². The van der Waals surface area contributed by atoms with Gasteiger partial charge < -0.3 is 24.8 Å². The predicted molar refractivity (Wildman–Crippen MR) is 129 cm³/mol. The molecule has 0 heterocycles. The van der Waals surface area contributed by atoms with Crippen molar-refractivity contribution in [3.63, 3.8) is 0 Å². The molecule has 2 rings (SSSR count). The van der Waals surface area contributed by atoms with Crippen LogP contribution in [0.4, 0.5) is 10.5 Å². The number of benzene rings is 2. The topological polar surface area (TPSA) is 127 Å². The number of amides is 4. The van der Waals surface area contributed by atoms with Crippen LogP contribution >= 0.6 is 0 Å².